The van der Waals surface area contributed by atoms with Gasteiger partial charge in [-0.15, -0.1) is 24.0 Å². The van der Waals surface area contributed by atoms with Crippen LogP contribution >= 0.6 is 24.0 Å². The van der Waals surface area contributed by atoms with Crippen LogP contribution in [0.2, 0.25) is 0 Å². The summed E-state index contributed by atoms with van der Waals surface area (Å²) in [7, 11) is -1.11. The third-order valence-corrected chi connectivity index (χ3v) is 5.00. The Kier molecular flexibility index (Phi) is 10.5. The maximum absolute atomic E-state index is 12.6. The quantitative estimate of drug-likeness (QED) is 0.324. The smallest absolute Gasteiger partial charge is 0.357 e. The molecule has 0 aromatic heterocycles. The van der Waals surface area contributed by atoms with E-state index < -0.39 is 22.5 Å². The fourth-order valence-corrected chi connectivity index (χ4v) is 3.25. The van der Waals surface area contributed by atoms with Gasteiger partial charge in [-0.2, -0.15) is 13.2 Å². The number of halogens is 4. The van der Waals surface area contributed by atoms with Crippen molar-refractivity contribution in [3.63, 3.8) is 0 Å². The van der Waals surface area contributed by atoms with Gasteiger partial charge in [-0.25, -0.2) is 4.99 Å². The minimum atomic E-state index is -4.34. The molecule has 0 saturated carbocycles. The van der Waals surface area contributed by atoms with Crippen molar-refractivity contribution in [3.8, 4) is 0 Å². The van der Waals surface area contributed by atoms with Gasteiger partial charge in [0, 0.05) is 23.7 Å². The number of rotatable bonds is 7. The van der Waals surface area contributed by atoms with E-state index in [9.17, 15) is 17.4 Å². The van der Waals surface area contributed by atoms with Gasteiger partial charge >= 0.3 is 6.18 Å². The molecule has 1 unspecified atom stereocenters. The number of benzene rings is 2. The first-order chi connectivity index (χ1) is 12.9. The van der Waals surface area contributed by atoms with E-state index in [1.807, 2.05) is 37.3 Å². The zero-order chi connectivity index (χ0) is 19.7. The van der Waals surface area contributed by atoms with E-state index in [0.717, 1.165) is 17.0 Å². The average Bonchev–Trinajstić information content (AvgIpc) is 2.66. The van der Waals surface area contributed by atoms with Crippen LogP contribution < -0.4 is 10.6 Å². The third-order valence-electron chi connectivity index (χ3n) is 3.63. The SMILES string of the molecule is CCNC(=NCc1ccc(C(F)(F)F)cc1)NCCS(=O)c1ccccc1.I. The zero-order valence-corrected chi connectivity index (χ0v) is 18.5. The van der Waals surface area contributed by atoms with Crippen molar-refractivity contribution >= 4 is 40.7 Å². The molecule has 2 rings (SSSR count). The molecule has 1 atom stereocenters. The summed E-state index contributed by atoms with van der Waals surface area (Å²) in [6.45, 7) is 3.26. The van der Waals surface area contributed by atoms with Crippen molar-refractivity contribution < 1.29 is 17.4 Å². The van der Waals surface area contributed by atoms with Crippen LogP contribution in [0.4, 0.5) is 13.2 Å². The van der Waals surface area contributed by atoms with Crippen LogP contribution in [-0.4, -0.2) is 29.0 Å². The second-order valence-corrected chi connectivity index (χ2v) is 7.25. The van der Waals surface area contributed by atoms with Crippen LogP contribution in [0.3, 0.4) is 0 Å². The first kappa shape index (κ1) is 24.4. The Balaban J connectivity index is 0.00000392. The Morgan fingerprint density at radius 3 is 2.25 bits per heavy atom. The standard InChI is InChI=1S/C19H22F3N3OS.HI/c1-2-23-18(24-12-13-27(26)17-6-4-3-5-7-17)25-14-15-8-10-16(11-9-15)19(20,21)22;/h3-11H,2,12-14H2,1H3,(H2,23,24,25);1H. The summed E-state index contributed by atoms with van der Waals surface area (Å²) >= 11 is 0. The molecule has 0 aliphatic heterocycles. The molecule has 2 aromatic rings. The molecule has 28 heavy (non-hydrogen) atoms. The van der Waals surface area contributed by atoms with Gasteiger partial charge in [0.1, 0.15) is 0 Å². The first-order valence-corrected chi connectivity index (χ1v) is 9.83. The number of aliphatic imine (C=N–C) groups is 1. The molecule has 9 heteroatoms. The Labute approximate surface area is 182 Å². The van der Waals surface area contributed by atoms with Gasteiger partial charge in [-0.3, -0.25) is 4.21 Å². The van der Waals surface area contributed by atoms with Gasteiger partial charge in [0.25, 0.3) is 0 Å². The van der Waals surface area contributed by atoms with Crippen molar-refractivity contribution in [2.75, 3.05) is 18.8 Å². The van der Waals surface area contributed by atoms with Crippen LogP contribution in [0.15, 0.2) is 64.5 Å². The molecule has 0 heterocycles. The van der Waals surface area contributed by atoms with Crippen molar-refractivity contribution in [2.24, 2.45) is 4.99 Å². The lowest BCUT2D eigenvalue weighted by atomic mass is 10.1. The van der Waals surface area contributed by atoms with Crippen LogP contribution in [0.1, 0.15) is 18.1 Å². The first-order valence-electron chi connectivity index (χ1n) is 8.52. The topological polar surface area (TPSA) is 53.5 Å². The van der Waals surface area contributed by atoms with Crippen LogP contribution in [0.25, 0.3) is 0 Å². The Bertz CT molecular complexity index is 768. The predicted molar refractivity (Wildman–Crippen MR) is 117 cm³/mol. The molecular formula is C19H23F3IN3OS. The largest absolute Gasteiger partial charge is 0.416 e. The summed E-state index contributed by atoms with van der Waals surface area (Å²) in [6.07, 6.45) is -4.34. The molecule has 2 N–H and O–H groups in total. The highest BCUT2D eigenvalue weighted by atomic mass is 127. The van der Waals surface area contributed by atoms with E-state index in [-0.39, 0.29) is 30.5 Å². The lowest BCUT2D eigenvalue weighted by Crippen LogP contribution is -2.39. The van der Waals surface area contributed by atoms with E-state index in [1.165, 1.54) is 12.1 Å². The summed E-state index contributed by atoms with van der Waals surface area (Å²) in [4.78, 5) is 5.13. The van der Waals surface area contributed by atoms with E-state index in [0.29, 0.717) is 30.4 Å². The molecule has 154 valence electrons. The Morgan fingerprint density at radius 1 is 1.04 bits per heavy atom. The lowest BCUT2D eigenvalue weighted by molar-refractivity contribution is -0.137. The number of hydrogen-bond donors (Lipinski definition) is 2. The number of nitrogens with zero attached hydrogens (tertiary/aromatic N) is 1. The predicted octanol–water partition coefficient (Wildman–Crippen LogP) is 4.19. The van der Waals surface area contributed by atoms with E-state index in [1.54, 1.807) is 0 Å². The minimum absolute atomic E-state index is 0. The zero-order valence-electron chi connectivity index (χ0n) is 15.3. The highest BCUT2D eigenvalue weighted by Gasteiger charge is 2.29. The normalized spacial score (nSPS) is 12.8. The van der Waals surface area contributed by atoms with Gasteiger partial charge in [0.15, 0.2) is 5.96 Å². The van der Waals surface area contributed by atoms with Gasteiger partial charge in [-0.05, 0) is 36.8 Å². The molecule has 0 spiro atoms. The van der Waals surface area contributed by atoms with Crippen molar-refractivity contribution in [2.45, 2.75) is 24.5 Å². The molecular weight excluding hydrogens is 502 g/mol. The molecule has 4 nitrogen and oxygen atoms in total. The Morgan fingerprint density at radius 2 is 1.68 bits per heavy atom. The monoisotopic (exact) mass is 525 g/mol. The van der Waals surface area contributed by atoms with Gasteiger partial charge in [0.2, 0.25) is 0 Å². The average molecular weight is 525 g/mol. The maximum atomic E-state index is 12.6. The van der Waals surface area contributed by atoms with Gasteiger partial charge < -0.3 is 10.6 Å². The number of hydrogen-bond acceptors (Lipinski definition) is 2. The highest BCUT2D eigenvalue weighted by molar-refractivity contribution is 14.0. The van der Waals surface area contributed by atoms with Crippen LogP contribution in [-0.2, 0) is 23.5 Å². The molecule has 2 aromatic carbocycles. The Hall–Kier alpha value is -1.62. The molecule has 0 aliphatic carbocycles. The maximum Gasteiger partial charge on any atom is 0.416 e. The van der Waals surface area contributed by atoms with Crippen molar-refractivity contribution in [1.29, 1.82) is 0 Å². The molecule has 0 aliphatic rings. The second kappa shape index (κ2) is 12.1. The van der Waals surface area contributed by atoms with Crippen LogP contribution in [0, 0.1) is 0 Å². The van der Waals surface area contributed by atoms with Crippen LogP contribution in [0.5, 0.6) is 0 Å². The third kappa shape index (κ3) is 8.17. The number of guanidine groups is 1. The summed E-state index contributed by atoms with van der Waals surface area (Å²) in [6, 6.07) is 14.1. The molecule has 0 fully saturated rings. The molecule has 0 radical (unpaired) electrons. The summed E-state index contributed by atoms with van der Waals surface area (Å²) in [5.41, 5.74) is -0.00304. The fourth-order valence-electron chi connectivity index (χ4n) is 2.26. The van der Waals surface area contributed by atoms with Crippen molar-refractivity contribution in [3.05, 3.63) is 65.7 Å². The lowest BCUT2D eigenvalue weighted by Gasteiger charge is -2.11. The van der Waals surface area contributed by atoms with E-state index in [4.69, 9.17) is 0 Å². The van der Waals surface area contributed by atoms with Gasteiger partial charge in [-0.1, -0.05) is 30.3 Å². The summed E-state index contributed by atoms with van der Waals surface area (Å²) in [5, 5.41) is 6.15. The molecule has 0 amide bonds. The minimum Gasteiger partial charge on any atom is -0.357 e. The summed E-state index contributed by atoms with van der Waals surface area (Å²) < 4.78 is 50.0. The summed E-state index contributed by atoms with van der Waals surface area (Å²) in [5.74, 6) is 0.955. The van der Waals surface area contributed by atoms with E-state index in [2.05, 4.69) is 15.6 Å². The number of nitrogens with one attached hydrogen (secondary N) is 2. The highest BCUT2D eigenvalue weighted by Crippen LogP contribution is 2.29. The molecule has 0 saturated heterocycles. The molecule has 0 bridgehead atoms. The fraction of sp³-hybridized carbons (Fsp3) is 0.316. The number of alkyl halides is 3. The van der Waals surface area contributed by atoms with Crippen molar-refractivity contribution in [1.82, 2.24) is 10.6 Å². The van der Waals surface area contributed by atoms with Gasteiger partial charge in [0.05, 0.1) is 22.9 Å². The van der Waals surface area contributed by atoms with E-state index >= 15 is 0 Å². The second-order valence-electron chi connectivity index (χ2n) is 5.68.